The second-order valence-electron chi connectivity index (χ2n) is 3.58. The summed E-state index contributed by atoms with van der Waals surface area (Å²) in [5, 5.41) is 37.6. The summed E-state index contributed by atoms with van der Waals surface area (Å²) in [6, 6.07) is 7.44. The van der Waals surface area contributed by atoms with E-state index in [-0.39, 0.29) is 5.69 Å². The molecule has 0 bridgehead atoms. The van der Waals surface area contributed by atoms with Crippen LogP contribution in [0.2, 0.25) is 0 Å². The minimum Gasteiger partial charge on any atom is -0.479 e. The fourth-order valence-corrected chi connectivity index (χ4v) is 1.49. The molecule has 0 saturated carbocycles. The van der Waals surface area contributed by atoms with E-state index in [1.165, 1.54) is 24.3 Å². The Balaban J connectivity index is 3.31. The number of benzene rings is 1. The summed E-state index contributed by atoms with van der Waals surface area (Å²) in [6.45, 7) is 0. The van der Waals surface area contributed by atoms with Gasteiger partial charge in [-0.25, -0.2) is 14.7 Å². The van der Waals surface area contributed by atoms with Crippen LogP contribution in [0.5, 0.6) is 0 Å². The Labute approximate surface area is 108 Å². The second kappa shape index (κ2) is 5.65. The molecule has 2 unspecified atom stereocenters. The van der Waals surface area contributed by atoms with Crippen molar-refractivity contribution in [1.82, 2.24) is 0 Å². The lowest BCUT2D eigenvalue weighted by Crippen LogP contribution is -2.64. The number of hydroxylamine groups is 1. The maximum Gasteiger partial charge on any atom is 0.363 e. The Morgan fingerprint density at radius 1 is 1.26 bits per heavy atom. The van der Waals surface area contributed by atoms with Crippen molar-refractivity contribution in [3.8, 4) is 0 Å². The number of para-hydroxylation sites is 1. The third-order valence-corrected chi connectivity index (χ3v) is 2.41. The fourth-order valence-electron chi connectivity index (χ4n) is 1.49. The number of nitrogens with zero attached hydrogens (tertiary/aromatic N) is 1. The van der Waals surface area contributed by atoms with Gasteiger partial charge < -0.3 is 20.4 Å². The zero-order valence-corrected chi connectivity index (χ0v) is 9.92. The molecule has 0 aliphatic heterocycles. The van der Waals surface area contributed by atoms with E-state index in [2.05, 4.69) is 0 Å². The van der Waals surface area contributed by atoms with Crippen molar-refractivity contribution in [3.63, 3.8) is 0 Å². The highest BCUT2D eigenvalue weighted by Crippen LogP contribution is 2.26. The van der Waals surface area contributed by atoms with Gasteiger partial charge in [-0.15, -0.1) is 0 Å². The first-order valence-electron chi connectivity index (χ1n) is 5.11. The highest BCUT2D eigenvalue weighted by atomic mass is 16.7. The van der Waals surface area contributed by atoms with Crippen molar-refractivity contribution < 1.29 is 34.9 Å². The number of aliphatic carboxylic acids is 2. The Morgan fingerprint density at radius 2 is 1.79 bits per heavy atom. The molecule has 1 aromatic rings. The summed E-state index contributed by atoms with van der Waals surface area (Å²) in [6.07, 6.45) is -2.61. The molecule has 0 heterocycles. The molecule has 0 aromatic heterocycles. The third-order valence-electron chi connectivity index (χ3n) is 2.41. The van der Waals surface area contributed by atoms with Crippen LogP contribution in [0.15, 0.2) is 30.3 Å². The number of aliphatic hydroxyl groups is 2. The predicted molar refractivity (Wildman–Crippen MR) is 62.2 cm³/mol. The van der Waals surface area contributed by atoms with Gasteiger partial charge in [0.05, 0.1) is 12.8 Å². The molecule has 4 N–H and O–H groups in total. The van der Waals surface area contributed by atoms with E-state index in [9.17, 15) is 19.8 Å². The van der Waals surface area contributed by atoms with Crippen LogP contribution in [-0.2, 0) is 14.4 Å². The molecule has 1 rings (SSSR count). The van der Waals surface area contributed by atoms with Gasteiger partial charge in [0, 0.05) is 0 Å². The summed E-state index contributed by atoms with van der Waals surface area (Å²) in [5.41, 5.74) is -3.10. The SMILES string of the molecule is CON(c1ccccc1)C(O)(C(=O)O)C(O)C(=O)O. The van der Waals surface area contributed by atoms with Gasteiger partial charge >= 0.3 is 11.9 Å². The Kier molecular flexibility index (Phi) is 4.43. The summed E-state index contributed by atoms with van der Waals surface area (Å²) in [4.78, 5) is 26.6. The van der Waals surface area contributed by atoms with Crippen LogP contribution in [0, 0.1) is 0 Å². The maximum atomic E-state index is 11.1. The van der Waals surface area contributed by atoms with Crippen LogP contribution in [0.25, 0.3) is 0 Å². The smallest absolute Gasteiger partial charge is 0.363 e. The fraction of sp³-hybridized carbons (Fsp3) is 0.273. The van der Waals surface area contributed by atoms with Crippen LogP contribution in [0.1, 0.15) is 0 Å². The van der Waals surface area contributed by atoms with Gasteiger partial charge in [0.1, 0.15) is 0 Å². The third kappa shape index (κ3) is 2.65. The topological polar surface area (TPSA) is 128 Å². The highest BCUT2D eigenvalue weighted by molar-refractivity contribution is 5.89. The minimum absolute atomic E-state index is 0.0650. The predicted octanol–water partition coefficient (Wildman–Crippen LogP) is -0.727. The van der Waals surface area contributed by atoms with Crippen LogP contribution < -0.4 is 5.06 Å². The number of hydrogen-bond acceptors (Lipinski definition) is 6. The van der Waals surface area contributed by atoms with Crippen LogP contribution in [0.4, 0.5) is 5.69 Å². The molecular formula is C11H13NO7. The van der Waals surface area contributed by atoms with Crippen molar-refractivity contribution in [2.24, 2.45) is 0 Å². The maximum absolute atomic E-state index is 11.1. The average molecular weight is 271 g/mol. The Morgan fingerprint density at radius 3 is 2.16 bits per heavy atom. The Hall–Kier alpha value is -2.16. The highest BCUT2D eigenvalue weighted by Gasteiger charge is 2.54. The van der Waals surface area contributed by atoms with Crippen molar-refractivity contribution in [2.45, 2.75) is 11.8 Å². The molecule has 0 aliphatic carbocycles. The van der Waals surface area contributed by atoms with E-state index in [0.29, 0.717) is 5.06 Å². The molecule has 0 amide bonds. The lowest BCUT2D eigenvalue weighted by Gasteiger charge is -2.36. The van der Waals surface area contributed by atoms with Gasteiger partial charge in [-0.3, -0.25) is 4.84 Å². The lowest BCUT2D eigenvalue weighted by molar-refractivity contribution is -0.195. The summed E-state index contributed by atoms with van der Waals surface area (Å²) in [5.74, 6) is -3.86. The molecular weight excluding hydrogens is 258 g/mol. The van der Waals surface area contributed by atoms with Crippen molar-refractivity contribution in [3.05, 3.63) is 30.3 Å². The molecule has 8 heteroatoms. The van der Waals surface area contributed by atoms with Crippen molar-refractivity contribution >= 4 is 17.6 Å². The van der Waals surface area contributed by atoms with E-state index in [0.717, 1.165) is 7.11 Å². The second-order valence-corrected chi connectivity index (χ2v) is 3.58. The lowest BCUT2D eigenvalue weighted by atomic mass is 10.1. The van der Waals surface area contributed by atoms with Crippen molar-refractivity contribution in [2.75, 3.05) is 12.2 Å². The quantitative estimate of drug-likeness (QED) is 0.394. The van der Waals surface area contributed by atoms with Crippen LogP contribution in [0.3, 0.4) is 0 Å². The summed E-state index contributed by atoms with van der Waals surface area (Å²) in [7, 11) is 1.04. The van der Waals surface area contributed by atoms with Gasteiger partial charge in [-0.1, -0.05) is 18.2 Å². The normalized spacial score (nSPS) is 15.3. The first kappa shape index (κ1) is 14.9. The molecule has 8 nitrogen and oxygen atoms in total. The summed E-state index contributed by atoms with van der Waals surface area (Å²) < 4.78 is 0. The zero-order valence-electron chi connectivity index (χ0n) is 9.92. The molecule has 104 valence electrons. The van der Waals surface area contributed by atoms with E-state index >= 15 is 0 Å². The molecule has 1 aromatic carbocycles. The molecule has 19 heavy (non-hydrogen) atoms. The van der Waals surface area contributed by atoms with Crippen LogP contribution in [-0.4, -0.2) is 51.3 Å². The van der Waals surface area contributed by atoms with Gasteiger partial charge in [0.15, 0.2) is 0 Å². The molecule has 0 spiro atoms. The van der Waals surface area contributed by atoms with Crippen LogP contribution >= 0.6 is 0 Å². The number of hydrogen-bond donors (Lipinski definition) is 4. The standard InChI is InChI=1S/C11H13NO7/c1-19-12(7-5-3-2-4-6-7)11(18,10(16)17)8(13)9(14)15/h2-6,8,13,18H,1H3,(H,14,15)(H,16,17). The Bertz CT molecular complexity index is 463. The van der Waals surface area contributed by atoms with E-state index in [4.69, 9.17) is 15.1 Å². The molecule has 0 saturated heterocycles. The molecule has 2 atom stereocenters. The molecule has 0 fully saturated rings. The van der Waals surface area contributed by atoms with Crippen molar-refractivity contribution in [1.29, 1.82) is 0 Å². The van der Waals surface area contributed by atoms with Gasteiger partial charge in [-0.2, -0.15) is 0 Å². The number of carboxylic acids is 2. The average Bonchev–Trinajstić information content (AvgIpc) is 2.39. The van der Waals surface area contributed by atoms with E-state index in [1.54, 1.807) is 6.07 Å². The first-order chi connectivity index (χ1) is 8.85. The monoisotopic (exact) mass is 271 g/mol. The number of anilines is 1. The summed E-state index contributed by atoms with van der Waals surface area (Å²) >= 11 is 0. The number of rotatable bonds is 6. The number of carbonyl (C=O) groups is 2. The molecule has 0 aliphatic rings. The van der Waals surface area contributed by atoms with E-state index in [1.807, 2.05) is 0 Å². The number of carboxylic acid groups (broad SMARTS) is 2. The largest absolute Gasteiger partial charge is 0.479 e. The van der Waals surface area contributed by atoms with E-state index < -0.39 is 23.8 Å². The van der Waals surface area contributed by atoms with Gasteiger partial charge in [-0.05, 0) is 12.1 Å². The zero-order chi connectivity index (χ0) is 14.6. The number of aliphatic hydroxyl groups excluding tert-OH is 1. The minimum atomic E-state index is -3.16. The van der Waals surface area contributed by atoms with Gasteiger partial charge in [0.25, 0.3) is 5.72 Å². The molecule has 0 radical (unpaired) electrons. The first-order valence-corrected chi connectivity index (χ1v) is 5.11. The van der Waals surface area contributed by atoms with Gasteiger partial charge in [0.2, 0.25) is 6.10 Å².